The molecule has 0 radical (unpaired) electrons. The smallest absolute Gasteiger partial charge is 0.263 e. The molecule has 30 heavy (non-hydrogen) atoms. The molecule has 3 aromatic rings. The van der Waals surface area contributed by atoms with Crippen molar-refractivity contribution in [2.45, 2.75) is 19.9 Å². The van der Waals surface area contributed by atoms with E-state index in [0.717, 1.165) is 38.5 Å². The number of pyridine rings is 1. The summed E-state index contributed by atoms with van der Waals surface area (Å²) in [7, 11) is 0. The zero-order chi connectivity index (χ0) is 20.9. The van der Waals surface area contributed by atoms with Gasteiger partial charge in [0.15, 0.2) is 0 Å². The van der Waals surface area contributed by atoms with Gasteiger partial charge in [0.1, 0.15) is 5.56 Å². The number of aromatic nitrogens is 4. The first-order valence-corrected chi connectivity index (χ1v) is 10.2. The number of morpholine rings is 1. The molecule has 0 bridgehead atoms. The van der Waals surface area contributed by atoms with Crippen LogP contribution in [-0.2, 0) is 17.7 Å². The van der Waals surface area contributed by atoms with Crippen molar-refractivity contribution in [3.05, 3.63) is 64.1 Å². The fraction of sp³-hybridized carbons (Fsp3) is 0.429. The third-order valence-electron chi connectivity index (χ3n) is 5.31. The highest BCUT2D eigenvalue weighted by Crippen LogP contribution is 2.05. The topological polar surface area (TPSA) is 93.8 Å². The molecule has 158 valence electrons. The highest BCUT2D eigenvalue weighted by atomic mass is 16.5. The Labute approximate surface area is 174 Å². The molecule has 1 fully saturated rings. The summed E-state index contributed by atoms with van der Waals surface area (Å²) >= 11 is 0. The minimum atomic E-state index is -0.347. The van der Waals surface area contributed by atoms with E-state index in [1.165, 1.54) is 0 Å². The summed E-state index contributed by atoms with van der Waals surface area (Å²) < 4.78 is 8.81. The van der Waals surface area contributed by atoms with Gasteiger partial charge in [0, 0.05) is 63.9 Å². The van der Waals surface area contributed by atoms with Crippen LogP contribution in [0.2, 0.25) is 0 Å². The molecule has 0 unspecified atom stereocenters. The van der Waals surface area contributed by atoms with Crippen molar-refractivity contribution in [3.8, 4) is 0 Å². The van der Waals surface area contributed by atoms with Gasteiger partial charge in [-0.15, -0.1) is 0 Å². The third kappa shape index (κ3) is 4.58. The minimum Gasteiger partial charge on any atom is -0.379 e. The molecule has 0 spiro atoms. The highest BCUT2D eigenvalue weighted by molar-refractivity contribution is 5.95. The molecule has 0 saturated carbocycles. The average molecular weight is 410 g/mol. The van der Waals surface area contributed by atoms with Crippen molar-refractivity contribution in [2.24, 2.45) is 0 Å². The maximum atomic E-state index is 12.9. The van der Waals surface area contributed by atoms with E-state index in [2.05, 4.69) is 20.2 Å². The molecule has 1 aliphatic heterocycles. The monoisotopic (exact) mass is 410 g/mol. The van der Waals surface area contributed by atoms with Crippen LogP contribution in [0.1, 0.15) is 21.6 Å². The van der Waals surface area contributed by atoms with E-state index in [-0.39, 0.29) is 17.0 Å². The molecule has 0 aliphatic carbocycles. The molecule has 4 rings (SSSR count). The first kappa shape index (κ1) is 20.2. The molecular weight excluding hydrogens is 384 g/mol. The molecule has 1 saturated heterocycles. The number of imidazole rings is 1. The molecule has 9 nitrogen and oxygen atoms in total. The van der Waals surface area contributed by atoms with Crippen LogP contribution in [0.4, 0.5) is 0 Å². The molecule has 9 heteroatoms. The van der Waals surface area contributed by atoms with Gasteiger partial charge in [-0.1, -0.05) is 0 Å². The van der Waals surface area contributed by atoms with E-state index in [1.54, 1.807) is 23.9 Å². The number of carbonyl (C=O) groups is 1. The van der Waals surface area contributed by atoms with Gasteiger partial charge in [0.25, 0.3) is 11.5 Å². The van der Waals surface area contributed by atoms with Crippen LogP contribution in [-0.4, -0.2) is 69.1 Å². The van der Waals surface area contributed by atoms with Gasteiger partial charge in [-0.3, -0.25) is 18.9 Å². The van der Waals surface area contributed by atoms with Crippen LogP contribution in [0.3, 0.4) is 0 Å². The number of hydrogen-bond acceptors (Lipinski definition) is 6. The first-order valence-electron chi connectivity index (χ1n) is 10.2. The van der Waals surface area contributed by atoms with Crippen LogP contribution in [0.15, 0.2) is 41.7 Å². The standard InChI is InChI=1S/C21H26N6O3/c1-16-4-8-26(10-9-25-11-13-30-14-12-25)20(29)18(16)19(28)22-6-3-17-15-27-7-2-5-23-21(27)24-17/h2,4-5,7-8,15H,3,6,9-14H2,1H3,(H,22,28). The Morgan fingerprint density at radius 1 is 1.23 bits per heavy atom. The highest BCUT2D eigenvalue weighted by Gasteiger charge is 2.17. The zero-order valence-electron chi connectivity index (χ0n) is 17.1. The lowest BCUT2D eigenvalue weighted by molar-refractivity contribution is 0.0362. The van der Waals surface area contributed by atoms with Gasteiger partial charge in [0.2, 0.25) is 5.78 Å². The van der Waals surface area contributed by atoms with Gasteiger partial charge >= 0.3 is 0 Å². The van der Waals surface area contributed by atoms with E-state index in [0.29, 0.717) is 30.9 Å². The van der Waals surface area contributed by atoms with Crippen molar-refractivity contribution in [1.82, 2.24) is 29.2 Å². The van der Waals surface area contributed by atoms with Gasteiger partial charge in [-0.05, 0) is 24.6 Å². The first-order chi connectivity index (χ1) is 14.6. The van der Waals surface area contributed by atoms with Crippen LogP contribution in [0.25, 0.3) is 5.78 Å². The molecular formula is C21H26N6O3. The fourth-order valence-corrected chi connectivity index (χ4v) is 3.58. The second-order valence-corrected chi connectivity index (χ2v) is 7.39. The molecule has 1 amide bonds. The Morgan fingerprint density at radius 2 is 2.07 bits per heavy atom. The van der Waals surface area contributed by atoms with Crippen LogP contribution >= 0.6 is 0 Å². The fourth-order valence-electron chi connectivity index (χ4n) is 3.58. The largest absolute Gasteiger partial charge is 0.379 e. The van der Waals surface area contributed by atoms with Crippen molar-refractivity contribution < 1.29 is 9.53 Å². The Morgan fingerprint density at radius 3 is 2.87 bits per heavy atom. The van der Waals surface area contributed by atoms with Crippen molar-refractivity contribution in [1.29, 1.82) is 0 Å². The molecule has 0 aromatic carbocycles. The maximum absolute atomic E-state index is 12.9. The second kappa shape index (κ2) is 9.19. The lowest BCUT2D eigenvalue weighted by Gasteiger charge is -2.26. The maximum Gasteiger partial charge on any atom is 0.263 e. The Bertz CT molecular complexity index is 1050. The number of hydrogen-bond donors (Lipinski definition) is 1. The van der Waals surface area contributed by atoms with Gasteiger partial charge in [-0.25, -0.2) is 9.97 Å². The van der Waals surface area contributed by atoms with E-state index < -0.39 is 0 Å². The number of fused-ring (bicyclic) bond motifs is 1. The zero-order valence-corrected chi connectivity index (χ0v) is 17.1. The van der Waals surface area contributed by atoms with Gasteiger partial charge in [-0.2, -0.15) is 0 Å². The van der Waals surface area contributed by atoms with Gasteiger partial charge < -0.3 is 14.6 Å². The number of ether oxygens (including phenoxy) is 1. The van der Waals surface area contributed by atoms with Crippen molar-refractivity contribution >= 4 is 11.7 Å². The summed E-state index contributed by atoms with van der Waals surface area (Å²) in [5.74, 6) is 0.279. The Balaban J connectivity index is 1.38. The van der Waals surface area contributed by atoms with E-state index in [4.69, 9.17) is 4.74 Å². The minimum absolute atomic E-state index is 0.205. The van der Waals surface area contributed by atoms with Crippen LogP contribution in [0.5, 0.6) is 0 Å². The number of carbonyl (C=O) groups excluding carboxylic acids is 1. The SMILES string of the molecule is Cc1ccn(CCN2CCOCC2)c(=O)c1C(=O)NCCc1cn2cccnc2n1. The number of nitrogens with one attached hydrogen (secondary N) is 1. The van der Waals surface area contributed by atoms with Gasteiger partial charge in [0.05, 0.1) is 18.9 Å². The molecule has 1 aliphatic rings. The van der Waals surface area contributed by atoms with Crippen molar-refractivity contribution in [3.63, 3.8) is 0 Å². The third-order valence-corrected chi connectivity index (χ3v) is 5.31. The predicted octanol–water partition coefficient (Wildman–Crippen LogP) is 0.504. The molecule has 3 aromatic heterocycles. The lowest BCUT2D eigenvalue weighted by Crippen LogP contribution is -2.40. The number of amides is 1. The number of rotatable bonds is 7. The number of aryl methyl sites for hydroxylation is 1. The number of nitrogens with zero attached hydrogens (tertiary/aromatic N) is 5. The normalized spacial score (nSPS) is 14.8. The summed E-state index contributed by atoms with van der Waals surface area (Å²) in [5.41, 5.74) is 1.47. The molecule has 4 heterocycles. The second-order valence-electron chi connectivity index (χ2n) is 7.39. The van der Waals surface area contributed by atoms with Crippen LogP contribution in [0, 0.1) is 6.92 Å². The molecule has 0 atom stereocenters. The predicted molar refractivity (Wildman–Crippen MR) is 112 cm³/mol. The summed E-state index contributed by atoms with van der Waals surface area (Å²) in [4.78, 5) is 36.5. The average Bonchev–Trinajstić information content (AvgIpc) is 3.17. The van der Waals surface area contributed by atoms with Crippen LogP contribution < -0.4 is 10.9 Å². The molecule has 1 N–H and O–H groups in total. The summed E-state index contributed by atoms with van der Waals surface area (Å²) in [6.45, 7) is 6.67. The lowest BCUT2D eigenvalue weighted by atomic mass is 10.1. The summed E-state index contributed by atoms with van der Waals surface area (Å²) in [6.07, 6.45) is 7.78. The van der Waals surface area contributed by atoms with E-state index in [1.807, 2.05) is 28.9 Å². The van der Waals surface area contributed by atoms with E-state index in [9.17, 15) is 9.59 Å². The Kier molecular flexibility index (Phi) is 6.20. The summed E-state index contributed by atoms with van der Waals surface area (Å²) in [5, 5.41) is 2.86. The quantitative estimate of drug-likeness (QED) is 0.610. The van der Waals surface area contributed by atoms with E-state index >= 15 is 0 Å². The summed E-state index contributed by atoms with van der Waals surface area (Å²) in [6, 6.07) is 3.66. The Hall–Kier alpha value is -3.04. The van der Waals surface area contributed by atoms with Crippen molar-refractivity contribution in [2.75, 3.05) is 39.4 Å².